The van der Waals surface area contributed by atoms with Crippen molar-refractivity contribution in [2.75, 3.05) is 18.9 Å². The van der Waals surface area contributed by atoms with Gasteiger partial charge in [0, 0.05) is 17.3 Å². The molecule has 0 saturated carbocycles. The minimum Gasteiger partial charge on any atom is -0.481 e. The highest BCUT2D eigenvalue weighted by molar-refractivity contribution is 8.14. The van der Waals surface area contributed by atoms with Crippen molar-refractivity contribution >= 4 is 40.1 Å². The maximum Gasteiger partial charge on any atom is 0.266 e. The molecule has 4 nitrogen and oxygen atoms in total. The van der Waals surface area contributed by atoms with Crippen LogP contribution >= 0.6 is 23.4 Å². The molecule has 1 heterocycles. The number of amides is 1. The summed E-state index contributed by atoms with van der Waals surface area (Å²) < 4.78 is 18.9. The van der Waals surface area contributed by atoms with Crippen LogP contribution in [-0.2, 0) is 4.79 Å². The van der Waals surface area contributed by atoms with Crippen LogP contribution in [0.3, 0.4) is 0 Å². The summed E-state index contributed by atoms with van der Waals surface area (Å²) in [6.45, 7) is 2.19. The molecule has 1 fully saturated rings. The van der Waals surface area contributed by atoms with Crippen molar-refractivity contribution in [2.24, 2.45) is 4.99 Å². The highest BCUT2D eigenvalue weighted by Gasteiger charge is 2.26. The minimum atomic E-state index is -0.491. The van der Waals surface area contributed by atoms with Crippen LogP contribution < -0.4 is 4.74 Å². The Morgan fingerprint density at radius 2 is 2.12 bits per heavy atom. The average Bonchev–Trinajstić information content (AvgIpc) is 3.06. The summed E-state index contributed by atoms with van der Waals surface area (Å²) in [5, 5.41) is 1.23. The van der Waals surface area contributed by atoms with Crippen molar-refractivity contribution in [3.05, 3.63) is 58.9 Å². The van der Waals surface area contributed by atoms with E-state index in [1.54, 1.807) is 23.1 Å². The molecule has 0 radical (unpaired) electrons. The minimum absolute atomic E-state index is 0.0619. The van der Waals surface area contributed by atoms with Gasteiger partial charge in [0.1, 0.15) is 0 Å². The molecule has 0 unspecified atom stereocenters. The summed E-state index contributed by atoms with van der Waals surface area (Å²) in [6, 6.07) is 11.5. The van der Waals surface area contributed by atoms with E-state index < -0.39 is 5.82 Å². The highest BCUT2D eigenvalue weighted by Crippen LogP contribution is 2.29. The summed E-state index contributed by atoms with van der Waals surface area (Å²) in [4.78, 5) is 18.6. The molecule has 0 N–H and O–H groups in total. The first kappa shape index (κ1) is 17.8. The fourth-order valence-corrected chi connectivity index (χ4v) is 3.46. The molecular formula is C18H16ClFN2O2S. The van der Waals surface area contributed by atoms with Gasteiger partial charge in [0.15, 0.2) is 23.3 Å². The van der Waals surface area contributed by atoms with Crippen LogP contribution in [0.15, 0.2) is 47.5 Å². The number of nitrogens with zero attached hydrogens (tertiary/aromatic N) is 2. The number of rotatable bonds is 4. The summed E-state index contributed by atoms with van der Waals surface area (Å²) in [5.41, 5.74) is 1.59. The van der Waals surface area contributed by atoms with E-state index in [4.69, 9.17) is 16.3 Å². The van der Waals surface area contributed by atoms with Crippen molar-refractivity contribution in [3.63, 3.8) is 0 Å². The lowest BCUT2D eigenvalue weighted by Crippen LogP contribution is -2.35. The molecule has 0 aliphatic carbocycles. The van der Waals surface area contributed by atoms with Gasteiger partial charge in [0.05, 0.1) is 5.69 Å². The van der Waals surface area contributed by atoms with E-state index in [-0.39, 0.29) is 18.3 Å². The SMILES string of the molecule is Cc1c(Cl)cccc1N=C1SCCN1C(=O)COc1ccccc1F. The highest BCUT2D eigenvalue weighted by atomic mass is 35.5. The second-order valence-electron chi connectivity index (χ2n) is 5.39. The molecule has 25 heavy (non-hydrogen) atoms. The molecule has 7 heteroatoms. The van der Waals surface area contributed by atoms with Gasteiger partial charge in [0.25, 0.3) is 5.91 Å². The molecule has 2 aromatic carbocycles. The lowest BCUT2D eigenvalue weighted by Gasteiger charge is -2.16. The number of carbonyl (C=O) groups excluding carboxylic acids is 1. The zero-order valence-corrected chi connectivity index (χ0v) is 15.1. The number of carbonyl (C=O) groups is 1. The lowest BCUT2D eigenvalue weighted by atomic mass is 10.2. The van der Waals surface area contributed by atoms with Crippen molar-refractivity contribution in [2.45, 2.75) is 6.92 Å². The third-order valence-electron chi connectivity index (χ3n) is 3.72. The smallest absolute Gasteiger partial charge is 0.266 e. The molecule has 3 rings (SSSR count). The number of halogens is 2. The monoisotopic (exact) mass is 378 g/mol. The molecular weight excluding hydrogens is 363 g/mol. The first-order chi connectivity index (χ1) is 12.1. The van der Waals surface area contributed by atoms with Gasteiger partial charge in [-0.15, -0.1) is 0 Å². The van der Waals surface area contributed by atoms with E-state index in [0.717, 1.165) is 17.0 Å². The molecule has 1 aliphatic heterocycles. The van der Waals surface area contributed by atoms with Gasteiger partial charge < -0.3 is 4.74 Å². The van der Waals surface area contributed by atoms with Gasteiger partial charge >= 0.3 is 0 Å². The largest absolute Gasteiger partial charge is 0.481 e. The van der Waals surface area contributed by atoms with Gasteiger partial charge in [-0.3, -0.25) is 9.69 Å². The third-order valence-corrected chi connectivity index (χ3v) is 5.09. The zero-order valence-electron chi connectivity index (χ0n) is 13.5. The van der Waals surface area contributed by atoms with E-state index >= 15 is 0 Å². The number of hydrogen-bond acceptors (Lipinski definition) is 4. The number of para-hydroxylation sites is 1. The maximum absolute atomic E-state index is 13.6. The summed E-state index contributed by atoms with van der Waals surface area (Å²) in [6.07, 6.45) is 0. The van der Waals surface area contributed by atoms with Crippen molar-refractivity contribution in [3.8, 4) is 5.75 Å². The maximum atomic E-state index is 13.6. The Morgan fingerprint density at radius 3 is 2.92 bits per heavy atom. The van der Waals surface area contributed by atoms with E-state index in [1.165, 1.54) is 23.9 Å². The van der Waals surface area contributed by atoms with Crippen LogP contribution in [0.4, 0.5) is 10.1 Å². The Balaban J connectivity index is 1.72. The Hall–Kier alpha value is -2.05. The molecule has 1 amide bonds. The second-order valence-corrected chi connectivity index (χ2v) is 6.86. The van der Waals surface area contributed by atoms with Crippen molar-refractivity contribution in [1.82, 2.24) is 4.90 Å². The van der Waals surface area contributed by atoms with Crippen LogP contribution in [0.1, 0.15) is 5.56 Å². The quantitative estimate of drug-likeness (QED) is 0.790. The topological polar surface area (TPSA) is 41.9 Å². The molecule has 0 aromatic heterocycles. The van der Waals surface area contributed by atoms with Gasteiger partial charge in [-0.05, 0) is 36.8 Å². The number of ether oxygens (including phenoxy) is 1. The number of aliphatic imine (C=N–C) groups is 1. The fraction of sp³-hybridized carbons (Fsp3) is 0.222. The number of amidine groups is 1. The zero-order chi connectivity index (χ0) is 17.8. The van der Waals surface area contributed by atoms with Crippen LogP contribution in [0.2, 0.25) is 5.02 Å². The van der Waals surface area contributed by atoms with Crippen LogP contribution in [0, 0.1) is 12.7 Å². The van der Waals surface area contributed by atoms with Gasteiger partial charge in [-0.2, -0.15) is 0 Å². The van der Waals surface area contributed by atoms with Crippen LogP contribution in [0.25, 0.3) is 0 Å². The van der Waals surface area contributed by atoms with Gasteiger partial charge in [0.2, 0.25) is 0 Å². The van der Waals surface area contributed by atoms with Gasteiger partial charge in [-0.25, -0.2) is 9.38 Å². The van der Waals surface area contributed by atoms with E-state index in [1.807, 2.05) is 19.1 Å². The number of benzene rings is 2. The Bertz CT molecular complexity index is 828. The van der Waals surface area contributed by atoms with Crippen molar-refractivity contribution < 1.29 is 13.9 Å². The second kappa shape index (κ2) is 7.89. The van der Waals surface area contributed by atoms with Crippen molar-refractivity contribution in [1.29, 1.82) is 0 Å². The normalized spacial score (nSPS) is 15.6. The summed E-state index contributed by atoms with van der Waals surface area (Å²) in [5.74, 6) is 0.0669. The summed E-state index contributed by atoms with van der Waals surface area (Å²) >= 11 is 7.61. The molecule has 0 bridgehead atoms. The Kier molecular flexibility index (Phi) is 5.60. The van der Waals surface area contributed by atoms with Crippen LogP contribution in [0.5, 0.6) is 5.75 Å². The molecule has 2 aromatic rings. The molecule has 0 atom stereocenters. The fourth-order valence-electron chi connectivity index (χ4n) is 2.33. The molecule has 0 spiro atoms. The first-order valence-electron chi connectivity index (χ1n) is 7.70. The molecule has 1 saturated heterocycles. The molecule has 130 valence electrons. The predicted octanol–water partition coefficient (Wildman–Crippen LogP) is 4.43. The lowest BCUT2D eigenvalue weighted by molar-refractivity contribution is -0.129. The van der Waals surface area contributed by atoms with E-state index in [0.29, 0.717) is 16.7 Å². The third kappa shape index (κ3) is 4.14. The van der Waals surface area contributed by atoms with E-state index in [2.05, 4.69) is 4.99 Å². The average molecular weight is 379 g/mol. The Morgan fingerprint density at radius 1 is 1.32 bits per heavy atom. The number of thioether (sulfide) groups is 1. The standard InChI is InChI=1S/C18H16ClFN2O2S/c1-12-13(19)5-4-7-15(12)21-18-22(9-10-25-18)17(23)11-24-16-8-3-2-6-14(16)20/h2-8H,9-11H2,1H3. The summed E-state index contributed by atoms with van der Waals surface area (Å²) in [7, 11) is 0. The predicted molar refractivity (Wildman–Crippen MR) is 99.4 cm³/mol. The number of hydrogen-bond donors (Lipinski definition) is 0. The Labute approximate surface area is 154 Å². The van der Waals surface area contributed by atoms with Crippen LogP contribution in [-0.4, -0.2) is 34.9 Å². The van der Waals surface area contributed by atoms with E-state index in [9.17, 15) is 9.18 Å². The first-order valence-corrected chi connectivity index (χ1v) is 9.07. The van der Waals surface area contributed by atoms with Gasteiger partial charge in [-0.1, -0.05) is 41.6 Å². The molecule has 1 aliphatic rings.